The van der Waals surface area contributed by atoms with Crippen LogP contribution in [-0.2, 0) is 27.5 Å². The van der Waals surface area contributed by atoms with Gasteiger partial charge in [-0.05, 0) is 6.42 Å². The van der Waals surface area contributed by atoms with Gasteiger partial charge in [0.2, 0.25) is 21.8 Å². The Hall–Kier alpha value is -1.75. The first-order chi connectivity index (χ1) is 10.1. The molecule has 1 fully saturated rings. The van der Waals surface area contributed by atoms with E-state index in [-0.39, 0.29) is 25.1 Å². The molecule has 122 valence electrons. The van der Waals surface area contributed by atoms with Gasteiger partial charge in [-0.1, -0.05) is 0 Å². The zero-order valence-corrected chi connectivity index (χ0v) is 12.3. The van der Waals surface area contributed by atoms with Crippen LogP contribution in [-0.4, -0.2) is 47.4 Å². The third-order valence-electron chi connectivity index (χ3n) is 3.22. The fraction of sp³-hybridized carbons (Fsp3) is 0.545. The number of hydrogen-bond donors (Lipinski definition) is 1. The van der Waals surface area contributed by atoms with E-state index in [2.05, 4.69) is 15.3 Å². The molecule has 1 saturated heterocycles. The molecule has 1 aromatic heterocycles. The van der Waals surface area contributed by atoms with Crippen LogP contribution in [0.3, 0.4) is 0 Å². The number of rotatable bonds is 3. The lowest BCUT2D eigenvalue weighted by Crippen LogP contribution is -2.39. The third kappa shape index (κ3) is 3.35. The minimum absolute atomic E-state index is 0.146. The van der Waals surface area contributed by atoms with Crippen LogP contribution in [0.5, 0.6) is 0 Å². The Labute approximate surface area is 124 Å². The molecule has 1 N–H and O–H groups in total. The topological polar surface area (TPSA) is 92.3 Å². The molecule has 7 nitrogen and oxygen atoms in total. The lowest BCUT2D eigenvalue weighted by Gasteiger charge is -2.12. The van der Waals surface area contributed by atoms with Gasteiger partial charge < -0.3 is 5.32 Å². The van der Waals surface area contributed by atoms with Crippen LogP contribution in [0.15, 0.2) is 12.4 Å². The Morgan fingerprint density at radius 1 is 1.41 bits per heavy atom. The minimum Gasteiger partial charge on any atom is -0.351 e. The molecular weight excluding hydrogens is 325 g/mol. The first-order valence-electron chi connectivity index (χ1n) is 6.23. The Kier molecular flexibility index (Phi) is 4.38. The lowest BCUT2D eigenvalue weighted by atomic mass is 10.2. The van der Waals surface area contributed by atoms with Crippen molar-refractivity contribution in [3.8, 4) is 0 Å². The van der Waals surface area contributed by atoms with Crippen molar-refractivity contribution < 1.29 is 26.4 Å². The van der Waals surface area contributed by atoms with Crippen LogP contribution in [0.4, 0.5) is 13.2 Å². The molecule has 1 atom stereocenters. The van der Waals surface area contributed by atoms with Crippen molar-refractivity contribution in [1.82, 2.24) is 19.6 Å². The van der Waals surface area contributed by atoms with E-state index in [1.54, 1.807) is 0 Å². The normalized spacial score (nSPS) is 21.7. The number of nitrogens with zero attached hydrogens (tertiary/aromatic N) is 3. The van der Waals surface area contributed by atoms with Crippen LogP contribution >= 0.6 is 0 Å². The summed E-state index contributed by atoms with van der Waals surface area (Å²) in [6, 6.07) is 0. The fourth-order valence-corrected chi connectivity index (χ4v) is 3.51. The highest BCUT2D eigenvalue weighted by molar-refractivity contribution is 7.90. The van der Waals surface area contributed by atoms with Gasteiger partial charge in [0.25, 0.3) is 0 Å². The van der Waals surface area contributed by atoms with Gasteiger partial charge in [-0.2, -0.15) is 13.2 Å². The van der Waals surface area contributed by atoms with E-state index in [0.29, 0.717) is 0 Å². The molecule has 0 radical (unpaired) electrons. The van der Waals surface area contributed by atoms with Crippen molar-refractivity contribution in [2.45, 2.75) is 24.4 Å². The van der Waals surface area contributed by atoms with Gasteiger partial charge >= 0.3 is 6.18 Å². The summed E-state index contributed by atoms with van der Waals surface area (Å²) in [5.41, 5.74) is 0.241. The molecule has 1 aromatic rings. The Bertz CT molecular complexity index is 660. The molecule has 0 aromatic carbocycles. The first kappa shape index (κ1) is 16.6. The van der Waals surface area contributed by atoms with Crippen molar-refractivity contribution in [3.63, 3.8) is 0 Å². The molecule has 0 saturated carbocycles. The van der Waals surface area contributed by atoms with Crippen molar-refractivity contribution in [2.75, 3.05) is 13.6 Å². The number of carbonyl (C=O) groups excluding carboxylic acids is 1. The number of amides is 1. The third-order valence-corrected chi connectivity index (χ3v) is 5.44. The summed E-state index contributed by atoms with van der Waals surface area (Å²) in [7, 11) is -2.27. The molecule has 1 amide bonds. The highest BCUT2D eigenvalue weighted by atomic mass is 32.2. The van der Waals surface area contributed by atoms with E-state index in [1.807, 2.05) is 0 Å². The Balaban J connectivity index is 1.97. The molecule has 1 aliphatic heterocycles. The maximum atomic E-state index is 12.3. The van der Waals surface area contributed by atoms with E-state index < -0.39 is 33.2 Å². The number of aromatic nitrogens is 2. The van der Waals surface area contributed by atoms with Crippen LogP contribution in [0.2, 0.25) is 0 Å². The van der Waals surface area contributed by atoms with Gasteiger partial charge in [-0.25, -0.2) is 22.7 Å². The van der Waals surface area contributed by atoms with E-state index >= 15 is 0 Å². The van der Waals surface area contributed by atoms with Gasteiger partial charge in [-0.15, -0.1) is 0 Å². The van der Waals surface area contributed by atoms with Crippen molar-refractivity contribution >= 4 is 15.9 Å². The monoisotopic (exact) mass is 338 g/mol. The average Bonchev–Trinajstić information content (AvgIpc) is 2.70. The summed E-state index contributed by atoms with van der Waals surface area (Å²) < 4.78 is 61.6. The molecule has 1 aliphatic rings. The Morgan fingerprint density at radius 3 is 2.45 bits per heavy atom. The summed E-state index contributed by atoms with van der Waals surface area (Å²) in [6.45, 7) is 0.108. The molecule has 11 heteroatoms. The first-order valence-corrected chi connectivity index (χ1v) is 7.73. The van der Waals surface area contributed by atoms with E-state index in [0.717, 1.165) is 16.7 Å². The van der Waals surface area contributed by atoms with E-state index in [9.17, 15) is 26.4 Å². The molecule has 1 unspecified atom stereocenters. The SMILES string of the molecule is CN1CCC(C(=O)NCc2cnc(C(F)(F)F)nc2)S1(=O)=O. The van der Waals surface area contributed by atoms with Crippen LogP contribution < -0.4 is 5.32 Å². The highest BCUT2D eigenvalue weighted by Gasteiger charge is 2.41. The van der Waals surface area contributed by atoms with Crippen molar-refractivity contribution in [3.05, 3.63) is 23.8 Å². The van der Waals surface area contributed by atoms with Crippen LogP contribution in [0.1, 0.15) is 17.8 Å². The Morgan fingerprint density at radius 2 is 2.00 bits per heavy atom. The van der Waals surface area contributed by atoms with Gasteiger partial charge in [0.1, 0.15) is 0 Å². The summed E-state index contributed by atoms with van der Waals surface area (Å²) >= 11 is 0. The number of hydrogen-bond acceptors (Lipinski definition) is 5. The lowest BCUT2D eigenvalue weighted by molar-refractivity contribution is -0.145. The summed E-state index contributed by atoms with van der Waals surface area (Å²) in [5, 5.41) is 1.20. The summed E-state index contributed by atoms with van der Waals surface area (Å²) in [6.07, 6.45) is -2.59. The molecule has 0 spiro atoms. The largest absolute Gasteiger partial charge is 0.451 e. The summed E-state index contributed by atoms with van der Waals surface area (Å²) in [5.74, 6) is -1.97. The standard InChI is InChI=1S/C11H13F3N4O3S/c1-18-3-2-8(22(18,20)21)9(19)15-4-7-5-16-10(17-6-7)11(12,13)14/h5-6,8H,2-4H2,1H3,(H,15,19). The van der Waals surface area contributed by atoms with Gasteiger partial charge in [0.15, 0.2) is 5.25 Å². The second-order valence-corrected chi connectivity index (χ2v) is 7.00. The number of carbonyl (C=O) groups is 1. The molecule has 2 rings (SSSR count). The maximum Gasteiger partial charge on any atom is 0.451 e. The molecule has 22 heavy (non-hydrogen) atoms. The van der Waals surface area contributed by atoms with E-state index in [4.69, 9.17) is 0 Å². The average molecular weight is 338 g/mol. The molecule has 0 bridgehead atoms. The zero-order valence-electron chi connectivity index (χ0n) is 11.5. The maximum absolute atomic E-state index is 12.3. The number of nitrogens with one attached hydrogen (secondary N) is 1. The predicted octanol–water partition coefficient (Wildman–Crippen LogP) is 0.146. The number of sulfonamides is 1. The van der Waals surface area contributed by atoms with Gasteiger partial charge in [-0.3, -0.25) is 4.79 Å². The van der Waals surface area contributed by atoms with E-state index in [1.165, 1.54) is 7.05 Å². The molecular formula is C11H13F3N4O3S. The predicted molar refractivity (Wildman–Crippen MR) is 68.8 cm³/mol. The van der Waals surface area contributed by atoms with Crippen LogP contribution in [0, 0.1) is 0 Å². The zero-order chi connectivity index (χ0) is 16.5. The van der Waals surface area contributed by atoms with Crippen LogP contribution in [0.25, 0.3) is 0 Å². The second-order valence-electron chi connectivity index (χ2n) is 4.77. The molecule has 0 aliphatic carbocycles. The quantitative estimate of drug-likeness (QED) is 0.847. The minimum atomic E-state index is -4.63. The fourth-order valence-electron chi connectivity index (χ4n) is 1.95. The molecule has 2 heterocycles. The number of alkyl halides is 3. The number of halogens is 3. The van der Waals surface area contributed by atoms with Crippen molar-refractivity contribution in [1.29, 1.82) is 0 Å². The smallest absolute Gasteiger partial charge is 0.351 e. The van der Waals surface area contributed by atoms with Crippen molar-refractivity contribution in [2.24, 2.45) is 0 Å². The summed E-state index contributed by atoms with van der Waals surface area (Å²) in [4.78, 5) is 18.2. The highest BCUT2D eigenvalue weighted by Crippen LogP contribution is 2.25. The second kappa shape index (κ2) is 5.80. The van der Waals surface area contributed by atoms with Gasteiger partial charge in [0, 0.05) is 38.1 Å². The van der Waals surface area contributed by atoms with Gasteiger partial charge in [0.05, 0.1) is 0 Å².